The molecule has 96 valence electrons. The van der Waals surface area contributed by atoms with Crippen molar-refractivity contribution in [1.82, 2.24) is 0 Å². The van der Waals surface area contributed by atoms with Crippen molar-refractivity contribution in [1.29, 1.82) is 0 Å². The number of nitrogens with zero attached hydrogens (tertiary/aromatic N) is 1. The van der Waals surface area contributed by atoms with Gasteiger partial charge in [-0.05, 0) is 24.6 Å². The normalized spacial score (nSPS) is 19.3. The van der Waals surface area contributed by atoms with E-state index in [4.69, 9.17) is 10.8 Å². The summed E-state index contributed by atoms with van der Waals surface area (Å²) in [4.78, 5) is 24.2. The molecule has 0 aliphatic carbocycles. The van der Waals surface area contributed by atoms with Crippen LogP contribution in [0, 0.1) is 12.8 Å². The second-order valence-electron chi connectivity index (χ2n) is 4.40. The lowest BCUT2D eigenvalue weighted by molar-refractivity contribution is -0.141. The van der Waals surface area contributed by atoms with Crippen LogP contribution in [0.2, 0.25) is 0 Å². The number of nitrogens with two attached hydrogens (primary N) is 1. The van der Waals surface area contributed by atoms with Gasteiger partial charge in [-0.25, -0.2) is 0 Å². The second-order valence-corrected chi connectivity index (χ2v) is 5.26. The van der Waals surface area contributed by atoms with Gasteiger partial charge in [-0.3, -0.25) is 9.59 Å². The van der Waals surface area contributed by atoms with Crippen molar-refractivity contribution in [3.8, 4) is 0 Å². The van der Waals surface area contributed by atoms with Crippen molar-refractivity contribution >= 4 is 39.2 Å². The zero-order valence-electron chi connectivity index (χ0n) is 9.81. The average Bonchev–Trinajstić information content (AvgIpc) is 2.66. The lowest BCUT2D eigenvalue weighted by atomic mass is 10.1. The van der Waals surface area contributed by atoms with Gasteiger partial charge in [0.15, 0.2) is 0 Å². The summed E-state index contributed by atoms with van der Waals surface area (Å²) in [5, 5.41) is 8.94. The van der Waals surface area contributed by atoms with Crippen molar-refractivity contribution in [3.05, 3.63) is 22.2 Å². The lowest BCUT2D eigenvalue weighted by Gasteiger charge is -2.19. The summed E-state index contributed by atoms with van der Waals surface area (Å²) in [7, 11) is 0. The van der Waals surface area contributed by atoms with Gasteiger partial charge in [0, 0.05) is 17.4 Å². The van der Waals surface area contributed by atoms with Crippen LogP contribution in [-0.4, -0.2) is 23.5 Å². The number of amides is 1. The highest BCUT2D eigenvalue weighted by atomic mass is 79.9. The molecule has 0 spiro atoms. The second kappa shape index (κ2) is 4.61. The van der Waals surface area contributed by atoms with E-state index in [2.05, 4.69) is 15.9 Å². The minimum absolute atomic E-state index is 0.0280. The topological polar surface area (TPSA) is 83.6 Å². The molecule has 6 heteroatoms. The Kier molecular flexibility index (Phi) is 3.30. The number of hydrogen-bond donors (Lipinski definition) is 2. The number of aryl methyl sites for hydroxylation is 1. The molecule has 1 heterocycles. The monoisotopic (exact) mass is 312 g/mol. The molecule has 1 aliphatic heterocycles. The number of halogens is 1. The fraction of sp³-hybridized carbons (Fsp3) is 0.333. The van der Waals surface area contributed by atoms with Crippen molar-refractivity contribution in [2.45, 2.75) is 13.3 Å². The molecular weight excluding hydrogens is 300 g/mol. The van der Waals surface area contributed by atoms with Gasteiger partial charge >= 0.3 is 5.97 Å². The Morgan fingerprint density at radius 1 is 1.56 bits per heavy atom. The van der Waals surface area contributed by atoms with Gasteiger partial charge in [0.2, 0.25) is 5.91 Å². The number of benzene rings is 1. The summed E-state index contributed by atoms with van der Waals surface area (Å²) >= 11 is 3.38. The molecule has 0 radical (unpaired) electrons. The summed E-state index contributed by atoms with van der Waals surface area (Å²) < 4.78 is 0.846. The molecule has 0 bridgehead atoms. The van der Waals surface area contributed by atoms with Crippen molar-refractivity contribution in [3.63, 3.8) is 0 Å². The SMILES string of the molecule is Cc1cc(N)c(N2CC(C(=O)O)CC2=O)cc1Br. The number of carbonyl (C=O) groups excluding carboxylic acids is 1. The molecule has 1 saturated heterocycles. The van der Waals surface area contributed by atoms with E-state index < -0.39 is 11.9 Å². The molecule has 3 N–H and O–H groups in total. The van der Waals surface area contributed by atoms with E-state index >= 15 is 0 Å². The molecule has 0 saturated carbocycles. The van der Waals surface area contributed by atoms with E-state index in [0.717, 1.165) is 10.0 Å². The molecule has 5 nitrogen and oxygen atoms in total. The summed E-state index contributed by atoms with van der Waals surface area (Å²) in [6.45, 7) is 2.07. The number of carboxylic acid groups (broad SMARTS) is 1. The number of hydrogen-bond acceptors (Lipinski definition) is 3. The van der Waals surface area contributed by atoms with Gasteiger partial charge in [0.1, 0.15) is 0 Å². The third-order valence-corrected chi connectivity index (χ3v) is 3.93. The predicted molar refractivity (Wildman–Crippen MR) is 71.4 cm³/mol. The fourth-order valence-electron chi connectivity index (χ4n) is 2.03. The zero-order valence-corrected chi connectivity index (χ0v) is 11.4. The van der Waals surface area contributed by atoms with Gasteiger partial charge in [-0.1, -0.05) is 15.9 Å². The van der Waals surface area contributed by atoms with E-state index in [1.807, 2.05) is 6.92 Å². The summed E-state index contributed by atoms with van der Waals surface area (Å²) in [6.07, 6.45) is 0.0280. The number of carbonyl (C=O) groups is 2. The van der Waals surface area contributed by atoms with Crippen LogP contribution in [-0.2, 0) is 9.59 Å². The van der Waals surface area contributed by atoms with Crippen molar-refractivity contribution < 1.29 is 14.7 Å². The molecule has 0 aromatic heterocycles. The molecule has 1 amide bonds. The quantitative estimate of drug-likeness (QED) is 0.815. The van der Waals surface area contributed by atoms with Gasteiger partial charge in [0.05, 0.1) is 17.3 Å². The van der Waals surface area contributed by atoms with E-state index in [1.54, 1.807) is 12.1 Å². The predicted octanol–water partition coefficient (Wildman–Crippen LogP) is 1.78. The third kappa shape index (κ3) is 2.20. The zero-order chi connectivity index (χ0) is 13.4. The van der Waals surface area contributed by atoms with E-state index in [9.17, 15) is 9.59 Å². The first kappa shape index (κ1) is 12.9. The Morgan fingerprint density at radius 3 is 2.78 bits per heavy atom. The largest absolute Gasteiger partial charge is 0.481 e. The molecule has 1 aromatic carbocycles. The van der Waals surface area contributed by atoms with Gasteiger partial charge in [-0.2, -0.15) is 0 Å². The highest BCUT2D eigenvalue weighted by molar-refractivity contribution is 9.10. The lowest BCUT2D eigenvalue weighted by Crippen LogP contribution is -2.26. The molecule has 2 rings (SSSR count). The number of anilines is 2. The number of nitrogen functional groups attached to an aromatic ring is 1. The summed E-state index contributed by atoms with van der Waals surface area (Å²) in [6, 6.07) is 3.52. The number of carboxylic acids is 1. The molecule has 1 fully saturated rings. The maximum Gasteiger partial charge on any atom is 0.308 e. The van der Waals surface area contributed by atoms with E-state index in [0.29, 0.717) is 11.4 Å². The van der Waals surface area contributed by atoms with Crippen LogP contribution in [0.15, 0.2) is 16.6 Å². The van der Waals surface area contributed by atoms with E-state index in [-0.39, 0.29) is 18.9 Å². The maximum atomic E-state index is 11.8. The van der Waals surface area contributed by atoms with Gasteiger partial charge in [0.25, 0.3) is 0 Å². The minimum atomic E-state index is -0.949. The fourth-order valence-corrected chi connectivity index (χ4v) is 2.36. The Hall–Kier alpha value is -1.56. The van der Waals surface area contributed by atoms with Crippen LogP contribution < -0.4 is 10.6 Å². The van der Waals surface area contributed by atoms with Crippen molar-refractivity contribution in [2.75, 3.05) is 17.2 Å². The summed E-state index contributed by atoms with van der Waals surface area (Å²) in [5.41, 5.74) is 7.91. The first-order valence-electron chi connectivity index (χ1n) is 5.49. The first-order chi connectivity index (χ1) is 8.40. The van der Waals surface area contributed by atoms with Crippen LogP contribution in [0.5, 0.6) is 0 Å². The van der Waals surface area contributed by atoms with Crippen LogP contribution in [0.25, 0.3) is 0 Å². The first-order valence-corrected chi connectivity index (χ1v) is 6.28. The molecule has 1 aromatic rings. The maximum absolute atomic E-state index is 11.8. The van der Waals surface area contributed by atoms with Crippen LogP contribution in [0.1, 0.15) is 12.0 Å². The minimum Gasteiger partial charge on any atom is -0.481 e. The Bertz CT molecular complexity index is 530. The van der Waals surface area contributed by atoms with Crippen molar-refractivity contribution in [2.24, 2.45) is 5.92 Å². The average molecular weight is 313 g/mol. The Labute approximate surface area is 113 Å². The highest BCUT2D eigenvalue weighted by Gasteiger charge is 2.35. The molecular formula is C12H13BrN2O3. The highest BCUT2D eigenvalue weighted by Crippen LogP contribution is 2.34. The standard InChI is InChI=1S/C12H13BrN2O3/c1-6-2-9(14)10(4-8(6)13)15-5-7(12(17)18)3-11(15)16/h2,4,7H,3,5,14H2,1H3,(H,17,18). The van der Waals surface area contributed by atoms with Crippen LogP contribution >= 0.6 is 15.9 Å². The summed E-state index contributed by atoms with van der Waals surface area (Å²) in [5.74, 6) is -1.81. The van der Waals surface area contributed by atoms with Crippen LogP contribution in [0.4, 0.5) is 11.4 Å². The molecule has 18 heavy (non-hydrogen) atoms. The Morgan fingerprint density at radius 2 is 2.22 bits per heavy atom. The van der Waals surface area contributed by atoms with Crippen LogP contribution in [0.3, 0.4) is 0 Å². The third-order valence-electron chi connectivity index (χ3n) is 3.07. The molecule has 1 unspecified atom stereocenters. The van der Waals surface area contributed by atoms with Gasteiger partial charge < -0.3 is 15.7 Å². The molecule has 1 aliphatic rings. The number of aliphatic carboxylic acids is 1. The molecule has 1 atom stereocenters. The van der Waals surface area contributed by atoms with E-state index in [1.165, 1.54) is 4.90 Å². The Balaban J connectivity index is 2.35. The van der Waals surface area contributed by atoms with Gasteiger partial charge in [-0.15, -0.1) is 0 Å². The number of rotatable bonds is 2. The smallest absolute Gasteiger partial charge is 0.308 e.